The van der Waals surface area contributed by atoms with Gasteiger partial charge in [0.25, 0.3) is 10.0 Å². The van der Waals surface area contributed by atoms with Gasteiger partial charge >= 0.3 is 0 Å². The van der Waals surface area contributed by atoms with Crippen molar-refractivity contribution in [1.29, 1.82) is 0 Å². The molecular formula is C24H26N2O5S2. The predicted octanol–water partition coefficient (Wildman–Crippen LogP) is 4.93. The van der Waals surface area contributed by atoms with Crippen molar-refractivity contribution in [2.24, 2.45) is 0 Å². The van der Waals surface area contributed by atoms with Crippen molar-refractivity contribution in [2.75, 3.05) is 24.3 Å². The number of benzene rings is 3. The van der Waals surface area contributed by atoms with Gasteiger partial charge in [0.2, 0.25) is 5.91 Å². The van der Waals surface area contributed by atoms with E-state index in [1.807, 2.05) is 25.1 Å². The monoisotopic (exact) mass is 486 g/mol. The molecule has 3 rings (SSSR count). The van der Waals surface area contributed by atoms with Gasteiger partial charge in [-0.05, 0) is 74.0 Å². The van der Waals surface area contributed by atoms with Gasteiger partial charge in [-0.25, -0.2) is 8.42 Å². The molecule has 1 atom stereocenters. The highest BCUT2D eigenvalue weighted by Crippen LogP contribution is 2.33. The average molecular weight is 487 g/mol. The van der Waals surface area contributed by atoms with Crippen LogP contribution in [0.5, 0.6) is 11.5 Å². The lowest BCUT2D eigenvalue weighted by Crippen LogP contribution is -2.22. The highest BCUT2D eigenvalue weighted by Gasteiger charge is 2.18. The van der Waals surface area contributed by atoms with Gasteiger partial charge in [-0.2, -0.15) is 0 Å². The van der Waals surface area contributed by atoms with Gasteiger partial charge < -0.3 is 14.8 Å². The summed E-state index contributed by atoms with van der Waals surface area (Å²) >= 11 is 1.38. The Balaban J connectivity index is 1.63. The molecule has 3 aromatic carbocycles. The number of aryl methyl sites for hydroxylation is 1. The Hall–Kier alpha value is -3.17. The molecule has 2 N–H and O–H groups in total. The molecule has 0 radical (unpaired) electrons. The molecule has 0 spiro atoms. The van der Waals surface area contributed by atoms with Crippen LogP contribution in [0.3, 0.4) is 0 Å². The molecule has 0 fully saturated rings. The Morgan fingerprint density at radius 2 is 1.61 bits per heavy atom. The minimum absolute atomic E-state index is 0.106. The number of carbonyl (C=O) groups excluding carboxylic acids is 1. The summed E-state index contributed by atoms with van der Waals surface area (Å²) in [5.41, 5.74) is 1.95. The Bertz CT molecular complexity index is 1230. The third-order valence-electron chi connectivity index (χ3n) is 4.74. The molecule has 0 aromatic heterocycles. The summed E-state index contributed by atoms with van der Waals surface area (Å²) in [5.74, 6) is 1.00. The highest BCUT2D eigenvalue weighted by molar-refractivity contribution is 8.00. The zero-order valence-corrected chi connectivity index (χ0v) is 20.4. The Morgan fingerprint density at radius 1 is 0.909 bits per heavy atom. The van der Waals surface area contributed by atoms with Gasteiger partial charge in [-0.15, -0.1) is 11.8 Å². The summed E-state index contributed by atoms with van der Waals surface area (Å²) in [6, 6.07) is 18.6. The number of hydrogen-bond donors (Lipinski definition) is 2. The quantitative estimate of drug-likeness (QED) is 0.417. The van der Waals surface area contributed by atoms with Crippen LogP contribution in [0.4, 0.5) is 11.4 Å². The fraction of sp³-hybridized carbons (Fsp3) is 0.208. The molecule has 0 aliphatic heterocycles. The molecule has 0 aliphatic carbocycles. The maximum atomic E-state index is 12.6. The van der Waals surface area contributed by atoms with E-state index >= 15 is 0 Å². The minimum atomic E-state index is -3.73. The van der Waals surface area contributed by atoms with Crippen molar-refractivity contribution in [2.45, 2.75) is 28.9 Å². The lowest BCUT2D eigenvalue weighted by Gasteiger charge is -2.14. The fourth-order valence-corrected chi connectivity index (χ4v) is 4.98. The molecule has 0 heterocycles. The van der Waals surface area contributed by atoms with Crippen LogP contribution in [-0.4, -0.2) is 33.8 Å². The first-order valence-corrected chi connectivity index (χ1v) is 12.5. The molecule has 1 amide bonds. The molecule has 7 nitrogen and oxygen atoms in total. The second-order valence-corrected chi connectivity index (χ2v) is 10.4. The van der Waals surface area contributed by atoms with Crippen LogP contribution in [0.1, 0.15) is 12.5 Å². The molecule has 3 aromatic rings. The van der Waals surface area contributed by atoms with Crippen molar-refractivity contribution in [1.82, 2.24) is 0 Å². The SMILES string of the molecule is COc1ccc(S[C@H](C)C(=O)Nc2ccc(S(=O)(=O)Nc3cccc(C)c3)cc2)cc1OC. The predicted molar refractivity (Wildman–Crippen MR) is 132 cm³/mol. The molecule has 0 saturated heterocycles. The summed E-state index contributed by atoms with van der Waals surface area (Å²) < 4.78 is 38.4. The van der Waals surface area contributed by atoms with E-state index in [2.05, 4.69) is 10.0 Å². The number of thioether (sulfide) groups is 1. The lowest BCUT2D eigenvalue weighted by atomic mass is 10.2. The Morgan fingerprint density at radius 3 is 2.24 bits per heavy atom. The van der Waals surface area contributed by atoms with E-state index in [-0.39, 0.29) is 10.8 Å². The van der Waals surface area contributed by atoms with Crippen molar-refractivity contribution < 1.29 is 22.7 Å². The third kappa shape index (κ3) is 6.43. The van der Waals surface area contributed by atoms with E-state index in [0.29, 0.717) is 22.9 Å². The normalized spacial score (nSPS) is 12.0. The maximum Gasteiger partial charge on any atom is 0.261 e. The number of rotatable bonds is 9. The van der Waals surface area contributed by atoms with Crippen molar-refractivity contribution in [3.63, 3.8) is 0 Å². The van der Waals surface area contributed by atoms with Crippen LogP contribution >= 0.6 is 11.8 Å². The first-order chi connectivity index (χ1) is 15.7. The number of methoxy groups -OCH3 is 2. The van der Waals surface area contributed by atoms with Gasteiger partial charge in [0.1, 0.15) is 0 Å². The molecule has 0 unspecified atom stereocenters. The summed E-state index contributed by atoms with van der Waals surface area (Å²) in [4.78, 5) is 13.6. The van der Waals surface area contributed by atoms with Gasteiger partial charge in [-0.1, -0.05) is 12.1 Å². The van der Waals surface area contributed by atoms with Crippen molar-refractivity contribution in [3.8, 4) is 11.5 Å². The Labute approximate surface area is 198 Å². The molecule has 0 bridgehead atoms. The summed E-state index contributed by atoms with van der Waals surface area (Å²) in [6.45, 7) is 3.68. The highest BCUT2D eigenvalue weighted by atomic mass is 32.2. The number of carbonyl (C=O) groups is 1. The first-order valence-electron chi connectivity index (χ1n) is 10.1. The average Bonchev–Trinajstić information content (AvgIpc) is 2.79. The topological polar surface area (TPSA) is 93.7 Å². The zero-order valence-electron chi connectivity index (χ0n) is 18.8. The smallest absolute Gasteiger partial charge is 0.261 e. The van der Waals surface area contributed by atoms with Gasteiger partial charge in [0, 0.05) is 16.3 Å². The number of anilines is 2. The molecule has 0 saturated carbocycles. The fourth-order valence-electron chi connectivity index (χ4n) is 3.03. The second kappa shape index (κ2) is 10.6. The van der Waals surface area contributed by atoms with Crippen LogP contribution in [0.15, 0.2) is 76.5 Å². The van der Waals surface area contributed by atoms with Crippen LogP contribution < -0.4 is 19.5 Å². The number of ether oxygens (including phenoxy) is 2. The number of hydrogen-bond acceptors (Lipinski definition) is 6. The summed E-state index contributed by atoms with van der Waals surface area (Å²) in [7, 11) is -0.610. The van der Waals surface area contributed by atoms with Gasteiger partial charge in [0.05, 0.1) is 24.4 Å². The van der Waals surface area contributed by atoms with E-state index < -0.39 is 15.3 Å². The largest absolute Gasteiger partial charge is 0.493 e. The van der Waals surface area contributed by atoms with E-state index in [1.54, 1.807) is 57.5 Å². The molecule has 9 heteroatoms. The Kier molecular flexibility index (Phi) is 7.88. The molecule has 0 aliphatic rings. The number of amides is 1. The van der Waals surface area contributed by atoms with Gasteiger partial charge in [0.15, 0.2) is 11.5 Å². The lowest BCUT2D eigenvalue weighted by molar-refractivity contribution is -0.115. The standard InChI is InChI=1S/C24H26N2O5S2/c1-16-6-5-7-19(14-16)26-33(28,29)21-11-8-18(9-12-21)25-24(27)17(2)32-20-10-13-22(30-3)23(15-20)31-4/h5-15,17,26H,1-4H3,(H,25,27)/t17-/m1/s1. The first kappa shape index (κ1) is 24.5. The van der Waals surface area contributed by atoms with Crippen LogP contribution in [0, 0.1) is 6.92 Å². The van der Waals surface area contributed by atoms with E-state index in [9.17, 15) is 13.2 Å². The second-order valence-electron chi connectivity index (χ2n) is 7.27. The third-order valence-corrected chi connectivity index (χ3v) is 7.23. The van der Waals surface area contributed by atoms with E-state index in [4.69, 9.17) is 9.47 Å². The molecule has 33 heavy (non-hydrogen) atoms. The van der Waals surface area contributed by atoms with Gasteiger partial charge in [-0.3, -0.25) is 9.52 Å². The number of nitrogens with one attached hydrogen (secondary N) is 2. The van der Waals surface area contributed by atoms with E-state index in [1.165, 1.54) is 23.9 Å². The van der Waals surface area contributed by atoms with Crippen LogP contribution in [0.2, 0.25) is 0 Å². The summed E-state index contributed by atoms with van der Waals surface area (Å²) in [6.07, 6.45) is 0. The van der Waals surface area contributed by atoms with Crippen molar-refractivity contribution in [3.05, 3.63) is 72.3 Å². The molecule has 174 valence electrons. The van der Waals surface area contributed by atoms with Crippen LogP contribution in [-0.2, 0) is 14.8 Å². The minimum Gasteiger partial charge on any atom is -0.493 e. The van der Waals surface area contributed by atoms with Crippen molar-refractivity contribution >= 4 is 39.1 Å². The molecular weight excluding hydrogens is 460 g/mol. The van der Waals surface area contributed by atoms with E-state index in [0.717, 1.165) is 10.5 Å². The number of sulfonamides is 1. The summed E-state index contributed by atoms with van der Waals surface area (Å²) in [5, 5.41) is 2.42. The maximum absolute atomic E-state index is 12.6. The zero-order chi connectivity index (χ0) is 24.0. The van der Waals surface area contributed by atoms with Crippen LogP contribution in [0.25, 0.3) is 0 Å².